The molecule has 0 amide bonds. The Kier molecular flexibility index (Phi) is 3.73. The molecular formula is C11H12ClN3O2. The lowest BCUT2D eigenvalue weighted by molar-refractivity contribution is 0.291. The summed E-state index contributed by atoms with van der Waals surface area (Å²) in [7, 11) is 0. The Balaban J connectivity index is 2.36. The SMILES string of the molecule is O=c1[nH]c(CNCCO)nc2cc(Cl)ccc12. The lowest BCUT2D eigenvalue weighted by Gasteiger charge is -2.04. The van der Waals surface area contributed by atoms with Gasteiger partial charge in [-0.15, -0.1) is 0 Å². The van der Waals surface area contributed by atoms with Gasteiger partial charge >= 0.3 is 0 Å². The molecule has 3 N–H and O–H groups in total. The van der Waals surface area contributed by atoms with Crippen LogP contribution in [0.15, 0.2) is 23.0 Å². The highest BCUT2D eigenvalue weighted by Gasteiger charge is 2.03. The fourth-order valence-electron chi connectivity index (χ4n) is 1.53. The van der Waals surface area contributed by atoms with Crippen LogP contribution in [-0.4, -0.2) is 28.2 Å². The van der Waals surface area contributed by atoms with Gasteiger partial charge in [0.1, 0.15) is 5.82 Å². The molecule has 2 rings (SSSR count). The molecule has 6 heteroatoms. The molecule has 1 aromatic heterocycles. The summed E-state index contributed by atoms with van der Waals surface area (Å²) in [6.07, 6.45) is 0. The molecule has 1 heterocycles. The minimum atomic E-state index is -0.188. The van der Waals surface area contributed by atoms with Crippen LogP contribution in [0.4, 0.5) is 0 Å². The lowest BCUT2D eigenvalue weighted by atomic mass is 10.2. The van der Waals surface area contributed by atoms with Crippen LogP contribution >= 0.6 is 11.6 Å². The van der Waals surface area contributed by atoms with Crippen LogP contribution in [0.3, 0.4) is 0 Å². The molecule has 0 saturated heterocycles. The van der Waals surface area contributed by atoms with Crippen molar-refractivity contribution in [2.75, 3.05) is 13.2 Å². The van der Waals surface area contributed by atoms with E-state index in [0.29, 0.717) is 34.8 Å². The van der Waals surface area contributed by atoms with Crippen LogP contribution in [-0.2, 0) is 6.54 Å². The summed E-state index contributed by atoms with van der Waals surface area (Å²) < 4.78 is 0. The number of halogens is 1. The van der Waals surface area contributed by atoms with E-state index in [9.17, 15) is 4.79 Å². The summed E-state index contributed by atoms with van der Waals surface area (Å²) in [4.78, 5) is 18.7. The van der Waals surface area contributed by atoms with Crippen molar-refractivity contribution in [1.82, 2.24) is 15.3 Å². The Bertz CT molecular complexity index is 582. The summed E-state index contributed by atoms with van der Waals surface area (Å²) >= 11 is 5.85. The molecule has 0 bridgehead atoms. The highest BCUT2D eigenvalue weighted by Crippen LogP contribution is 2.14. The van der Waals surface area contributed by atoms with E-state index in [0.717, 1.165) is 0 Å². The summed E-state index contributed by atoms with van der Waals surface area (Å²) in [5.41, 5.74) is 0.384. The molecule has 0 fully saturated rings. The molecule has 0 aliphatic heterocycles. The van der Waals surface area contributed by atoms with Crippen LogP contribution in [0.25, 0.3) is 10.9 Å². The van der Waals surface area contributed by atoms with E-state index in [4.69, 9.17) is 16.7 Å². The number of nitrogens with one attached hydrogen (secondary N) is 2. The molecule has 1 aromatic carbocycles. The van der Waals surface area contributed by atoms with Crippen molar-refractivity contribution < 1.29 is 5.11 Å². The van der Waals surface area contributed by atoms with Gasteiger partial charge in [-0.2, -0.15) is 0 Å². The summed E-state index contributed by atoms with van der Waals surface area (Å²) in [5, 5.41) is 12.6. The Morgan fingerprint density at radius 3 is 3.06 bits per heavy atom. The van der Waals surface area contributed by atoms with Crippen molar-refractivity contribution in [3.63, 3.8) is 0 Å². The van der Waals surface area contributed by atoms with Crippen LogP contribution < -0.4 is 10.9 Å². The van der Waals surface area contributed by atoms with Gasteiger partial charge in [0, 0.05) is 11.6 Å². The number of fused-ring (bicyclic) bond motifs is 1. The number of rotatable bonds is 4. The molecular weight excluding hydrogens is 242 g/mol. The number of nitrogens with zero attached hydrogens (tertiary/aromatic N) is 1. The molecule has 2 aromatic rings. The van der Waals surface area contributed by atoms with Crippen molar-refractivity contribution in [2.45, 2.75) is 6.54 Å². The van der Waals surface area contributed by atoms with Gasteiger partial charge in [-0.3, -0.25) is 4.79 Å². The highest BCUT2D eigenvalue weighted by atomic mass is 35.5. The molecule has 0 aliphatic carbocycles. The first-order chi connectivity index (χ1) is 8.20. The van der Waals surface area contributed by atoms with Gasteiger partial charge in [-0.1, -0.05) is 11.6 Å². The molecule has 0 unspecified atom stereocenters. The fourth-order valence-corrected chi connectivity index (χ4v) is 1.70. The van der Waals surface area contributed by atoms with Crippen molar-refractivity contribution in [1.29, 1.82) is 0 Å². The second kappa shape index (κ2) is 5.27. The van der Waals surface area contributed by atoms with Crippen molar-refractivity contribution >= 4 is 22.5 Å². The normalized spacial score (nSPS) is 10.9. The fraction of sp³-hybridized carbons (Fsp3) is 0.273. The number of aromatic amines is 1. The molecule has 0 atom stereocenters. The number of aliphatic hydroxyl groups excluding tert-OH is 1. The van der Waals surface area contributed by atoms with Gasteiger partial charge < -0.3 is 15.4 Å². The van der Waals surface area contributed by atoms with E-state index in [1.807, 2.05) is 0 Å². The average Bonchev–Trinajstić information content (AvgIpc) is 2.28. The van der Waals surface area contributed by atoms with Gasteiger partial charge in [-0.05, 0) is 18.2 Å². The smallest absolute Gasteiger partial charge is 0.258 e. The van der Waals surface area contributed by atoms with Gasteiger partial charge in [0.05, 0.1) is 24.1 Å². The van der Waals surface area contributed by atoms with Gasteiger partial charge in [0.15, 0.2) is 0 Å². The average molecular weight is 254 g/mol. The Morgan fingerprint density at radius 1 is 1.47 bits per heavy atom. The first kappa shape index (κ1) is 12.0. The second-order valence-corrected chi connectivity index (χ2v) is 4.01. The van der Waals surface area contributed by atoms with Gasteiger partial charge in [0.2, 0.25) is 0 Å². The van der Waals surface area contributed by atoms with Crippen LogP contribution in [0.1, 0.15) is 5.82 Å². The van der Waals surface area contributed by atoms with Crippen molar-refractivity contribution in [3.8, 4) is 0 Å². The zero-order valence-corrected chi connectivity index (χ0v) is 9.79. The number of benzene rings is 1. The minimum absolute atomic E-state index is 0.0453. The Morgan fingerprint density at radius 2 is 2.29 bits per heavy atom. The second-order valence-electron chi connectivity index (χ2n) is 3.57. The minimum Gasteiger partial charge on any atom is -0.395 e. The molecule has 0 spiro atoms. The van der Waals surface area contributed by atoms with E-state index >= 15 is 0 Å². The third-order valence-corrected chi connectivity index (χ3v) is 2.53. The van der Waals surface area contributed by atoms with Crippen LogP contribution in [0.2, 0.25) is 5.02 Å². The molecule has 5 nitrogen and oxygen atoms in total. The Labute approximate surface area is 102 Å². The summed E-state index contributed by atoms with van der Waals surface area (Å²) in [5.74, 6) is 0.526. The third kappa shape index (κ3) is 2.82. The van der Waals surface area contributed by atoms with Crippen LogP contribution in [0.5, 0.6) is 0 Å². The zero-order valence-electron chi connectivity index (χ0n) is 9.03. The van der Waals surface area contributed by atoms with Crippen molar-refractivity contribution in [3.05, 3.63) is 39.4 Å². The number of aliphatic hydroxyl groups is 1. The monoisotopic (exact) mass is 253 g/mol. The molecule has 17 heavy (non-hydrogen) atoms. The zero-order chi connectivity index (χ0) is 12.3. The topological polar surface area (TPSA) is 78.0 Å². The first-order valence-corrected chi connectivity index (χ1v) is 5.58. The van der Waals surface area contributed by atoms with E-state index in [2.05, 4.69) is 15.3 Å². The number of H-pyrrole nitrogens is 1. The maximum atomic E-state index is 11.7. The van der Waals surface area contributed by atoms with E-state index in [1.54, 1.807) is 18.2 Å². The van der Waals surface area contributed by atoms with Gasteiger partial charge in [-0.25, -0.2) is 4.98 Å². The lowest BCUT2D eigenvalue weighted by Crippen LogP contribution is -2.21. The molecule has 0 saturated carbocycles. The predicted octanol–water partition coefficient (Wildman–Crippen LogP) is 0.658. The number of hydrogen-bond acceptors (Lipinski definition) is 4. The molecule has 0 radical (unpaired) electrons. The third-order valence-electron chi connectivity index (χ3n) is 2.30. The standard InChI is InChI=1S/C11H12ClN3O2/c12-7-1-2-8-9(5-7)14-10(15-11(8)17)6-13-3-4-16/h1-2,5,13,16H,3-4,6H2,(H,14,15,17). The van der Waals surface area contributed by atoms with E-state index in [-0.39, 0.29) is 12.2 Å². The van der Waals surface area contributed by atoms with Crippen molar-refractivity contribution in [2.24, 2.45) is 0 Å². The van der Waals surface area contributed by atoms with E-state index in [1.165, 1.54) is 0 Å². The maximum Gasteiger partial charge on any atom is 0.258 e. The van der Waals surface area contributed by atoms with Crippen LogP contribution in [0, 0.1) is 0 Å². The highest BCUT2D eigenvalue weighted by molar-refractivity contribution is 6.31. The Hall–Kier alpha value is -1.43. The predicted molar refractivity (Wildman–Crippen MR) is 66.2 cm³/mol. The summed E-state index contributed by atoms with van der Waals surface area (Å²) in [6, 6.07) is 4.96. The molecule has 90 valence electrons. The number of aromatic nitrogens is 2. The van der Waals surface area contributed by atoms with E-state index < -0.39 is 0 Å². The first-order valence-electron chi connectivity index (χ1n) is 5.21. The quantitative estimate of drug-likeness (QED) is 0.700. The van der Waals surface area contributed by atoms with Gasteiger partial charge in [0.25, 0.3) is 5.56 Å². The maximum absolute atomic E-state index is 11.7. The largest absolute Gasteiger partial charge is 0.395 e. The number of hydrogen-bond donors (Lipinski definition) is 3. The summed E-state index contributed by atoms with van der Waals surface area (Å²) in [6.45, 7) is 0.902. The molecule has 0 aliphatic rings.